The van der Waals surface area contributed by atoms with Gasteiger partial charge in [-0.25, -0.2) is 9.37 Å². The van der Waals surface area contributed by atoms with E-state index in [2.05, 4.69) is 15.3 Å². The first-order chi connectivity index (χ1) is 11.7. The van der Waals surface area contributed by atoms with Crippen LogP contribution >= 0.6 is 0 Å². The van der Waals surface area contributed by atoms with Crippen LogP contribution in [0.3, 0.4) is 0 Å². The monoisotopic (exact) mass is 326 g/mol. The number of pyridine rings is 1. The lowest BCUT2D eigenvalue weighted by Crippen LogP contribution is -2.28. The number of aromatic nitrogens is 3. The molecule has 1 saturated heterocycles. The molecule has 0 spiro atoms. The normalized spacial score (nSPS) is 17.3. The molecule has 4 rings (SSSR count). The van der Waals surface area contributed by atoms with Crippen LogP contribution in [0.1, 0.15) is 12.5 Å². The zero-order valence-corrected chi connectivity index (χ0v) is 12.8. The second-order valence-electron chi connectivity index (χ2n) is 5.66. The third-order valence-electron chi connectivity index (χ3n) is 4.05. The number of benzene rings is 1. The number of hydrogen-bond acceptors (Lipinski definition) is 5. The maximum absolute atomic E-state index is 13.5. The highest BCUT2D eigenvalue weighted by Crippen LogP contribution is 2.24. The Hall–Kier alpha value is -2.80. The number of halogens is 1. The first kappa shape index (κ1) is 14.8. The third-order valence-corrected chi connectivity index (χ3v) is 4.05. The minimum atomic E-state index is -0.455. The van der Waals surface area contributed by atoms with Gasteiger partial charge in [0.1, 0.15) is 5.82 Å². The molecule has 0 amide bonds. The van der Waals surface area contributed by atoms with E-state index in [1.54, 1.807) is 23.0 Å². The Morgan fingerprint density at radius 2 is 2.25 bits per heavy atom. The molecule has 1 aliphatic rings. The molecule has 0 unspecified atom stereocenters. The van der Waals surface area contributed by atoms with Crippen molar-refractivity contribution in [2.75, 3.05) is 18.5 Å². The third kappa shape index (κ3) is 2.63. The lowest BCUT2D eigenvalue weighted by Gasteiger charge is -2.18. The fourth-order valence-corrected chi connectivity index (χ4v) is 2.89. The summed E-state index contributed by atoms with van der Waals surface area (Å²) in [6.45, 7) is 1.02. The summed E-state index contributed by atoms with van der Waals surface area (Å²) in [6, 6.07) is 7.53. The summed E-state index contributed by atoms with van der Waals surface area (Å²) in [4.78, 5) is 21.5. The number of hydrogen-bond donors (Lipinski definition) is 1. The number of nitrogens with zero attached hydrogens (tertiary/aromatic N) is 3. The summed E-state index contributed by atoms with van der Waals surface area (Å²) in [5.41, 5.74) is 0.892. The predicted octanol–water partition coefficient (Wildman–Crippen LogP) is 2.64. The molecule has 0 aliphatic carbocycles. The lowest BCUT2D eigenvalue weighted by atomic mass is 10.2. The molecule has 2 aromatic heterocycles. The fraction of sp³-hybridized carbons (Fsp3) is 0.235. The molecule has 122 valence electrons. The van der Waals surface area contributed by atoms with Crippen molar-refractivity contribution >= 4 is 22.5 Å². The number of rotatable bonds is 3. The molecule has 1 aromatic carbocycles. The van der Waals surface area contributed by atoms with Crippen molar-refractivity contribution in [1.29, 1.82) is 0 Å². The van der Waals surface area contributed by atoms with Gasteiger partial charge in [0.25, 0.3) is 5.56 Å². The van der Waals surface area contributed by atoms with Crippen molar-refractivity contribution in [3.05, 3.63) is 58.9 Å². The van der Waals surface area contributed by atoms with Crippen molar-refractivity contribution < 1.29 is 9.13 Å². The zero-order valence-electron chi connectivity index (χ0n) is 12.8. The van der Waals surface area contributed by atoms with Gasteiger partial charge in [0.2, 0.25) is 5.95 Å². The molecule has 7 heteroatoms. The van der Waals surface area contributed by atoms with E-state index in [9.17, 15) is 9.18 Å². The van der Waals surface area contributed by atoms with E-state index >= 15 is 0 Å². The van der Waals surface area contributed by atoms with Gasteiger partial charge in [-0.05, 0) is 36.8 Å². The predicted molar refractivity (Wildman–Crippen MR) is 88.0 cm³/mol. The quantitative estimate of drug-likeness (QED) is 0.801. The van der Waals surface area contributed by atoms with Gasteiger partial charge in [0.15, 0.2) is 0 Å². The van der Waals surface area contributed by atoms with E-state index in [1.165, 1.54) is 18.2 Å². The average Bonchev–Trinajstić information content (AvgIpc) is 3.11. The Morgan fingerprint density at radius 3 is 3.00 bits per heavy atom. The molecule has 0 bridgehead atoms. The van der Waals surface area contributed by atoms with Crippen LogP contribution in [0.25, 0.3) is 10.9 Å². The van der Waals surface area contributed by atoms with E-state index in [0.29, 0.717) is 31.1 Å². The smallest absolute Gasteiger partial charge is 0.263 e. The Morgan fingerprint density at radius 1 is 1.33 bits per heavy atom. The van der Waals surface area contributed by atoms with Gasteiger partial charge in [-0.2, -0.15) is 0 Å². The SMILES string of the molecule is O=c1c2cc(F)ccc2nc(Nc2cccnc2)n1[C@H]1CCOC1. The van der Waals surface area contributed by atoms with E-state index in [1.807, 2.05) is 6.07 Å². The highest BCUT2D eigenvalue weighted by Gasteiger charge is 2.23. The minimum absolute atomic E-state index is 0.128. The summed E-state index contributed by atoms with van der Waals surface area (Å²) in [5.74, 6) is -0.0498. The van der Waals surface area contributed by atoms with Gasteiger partial charge >= 0.3 is 0 Å². The van der Waals surface area contributed by atoms with Gasteiger partial charge in [-0.15, -0.1) is 0 Å². The molecular formula is C17H15FN4O2. The summed E-state index contributed by atoms with van der Waals surface area (Å²) in [5, 5.41) is 3.40. The Bertz CT molecular complexity index is 936. The number of fused-ring (bicyclic) bond motifs is 1. The molecule has 24 heavy (non-hydrogen) atoms. The largest absolute Gasteiger partial charge is 0.379 e. The van der Waals surface area contributed by atoms with Crippen LogP contribution in [0.5, 0.6) is 0 Å². The van der Waals surface area contributed by atoms with E-state index < -0.39 is 5.82 Å². The van der Waals surface area contributed by atoms with Crippen LogP contribution in [0.2, 0.25) is 0 Å². The van der Waals surface area contributed by atoms with Gasteiger partial charge in [0.05, 0.1) is 35.4 Å². The highest BCUT2D eigenvalue weighted by atomic mass is 19.1. The molecule has 0 radical (unpaired) electrons. The van der Waals surface area contributed by atoms with Crippen molar-refractivity contribution in [2.24, 2.45) is 0 Å². The Balaban J connectivity index is 1.91. The summed E-state index contributed by atoms with van der Waals surface area (Å²) >= 11 is 0. The van der Waals surface area contributed by atoms with Crippen LogP contribution in [0.15, 0.2) is 47.5 Å². The topological polar surface area (TPSA) is 69.0 Å². The fourth-order valence-electron chi connectivity index (χ4n) is 2.89. The van der Waals surface area contributed by atoms with E-state index in [-0.39, 0.29) is 17.0 Å². The molecule has 1 aliphatic heterocycles. The Kier molecular flexibility index (Phi) is 3.70. The summed E-state index contributed by atoms with van der Waals surface area (Å²) in [7, 11) is 0. The van der Waals surface area contributed by atoms with E-state index in [0.717, 1.165) is 5.69 Å². The van der Waals surface area contributed by atoms with Crippen LogP contribution in [-0.4, -0.2) is 27.7 Å². The molecule has 0 saturated carbocycles. The summed E-state index contributed by atoms with van der Waals surface area (Å²) in [6.07, 6.45) is 4.03. The Labute approximate surface area is 136 Å². The molecule has 1 atom stereocenters. The lowest BCUT2D eigenvalue weighted by molar-refractivity contribution is 0.186. The number of anilines is 2. The first-order valence-corrected chi connectivity index (χ1v) is 7.69. The maximum atomic E-state index is 13.5. The van der Waals surface area contributed by atoms with E-state index in [4.69, 9.17) is 4.74 Å². The molecule has 3 heterocycles. The average molecular weight is 326 g/mol. The highest BCUT2D eigenvalue weighted by molar-refractivity contribution is 5.79. The number of ether oxygens (including phenoxy) is 1. The van der Waals surface area contributed by atoms with Crippen molar-refractivity contribution in [3.63, 3.8) is 0 Å². The van der Waals surface area contributed by atoms with Crippen molar-refractivity contribution in [3.8, 4) is 0 Å². The van der Waals surface area contributed by atoms with Crippen molar-refractivity contribution in [2.45, 2.75) is 12.5 Å². The second-order valence-corrected chi connectivity index (χ2v) is 5.66. The molecule has 6 nitrogen and oxygen atoms in total. The van der Waals surface area contributed by atoms with Gasteiger partial charge in [0, 0.05) is 12.8 Å². The molecular weight excluding hydrogens is 311 g/mol. The minimum Gasteiger partial charge on any atom is -0.379 e. The molecule has 1 fully saturated rings. The summed E-state index contributed by atoms with van der Waals surface area (Å²) < 4.78 is 20.5. The second kappa shape index (κ2) is 6.01. The van der Waals surface area contributed by atoms with Crippen LogP contribution < -0.4 is 10.9 Å². The zero-order chi connectivity index (χ0) is 16.5. The van der Waals surface area contributed by atoms with Gasteiger partial charge in [-0.1, -0.05) is 0 Å². The standard InChI is InChI=1S/C17H15FN4O2/c18-11-3-4-15-14(8-11)16(23)22(13-5-7-24-10-13)17(21-15)20-12-2-1-6-19-9-12/h1-4,6,8-9,13H,5,7,10H2,(H,20,21)/t13-/m0/s1. The van der Waals surface area contributed by atoms with Crippen molar-refractivity contribution in [1.82, 2.24) is 14.5 Å². The van der Waals surface area contributed by atoms with Crippen LogP contribution in [0, 0.1) is 5.82 Å². The molecule has 3 aromatic rings. The number of nitrogens with one attached hydrogen (secondary N) is 1. The van der Waals surface area contributed by atoms with Crippen LogP contribution in [-0.2, 0) is 4.74 Å². The maximum Gasteiger partial charge on any atom is 0.263 e. The molecule has 1 N–H and O–H groups in total. The first-order valence-electron chi connectivity index (χ1n) is 7.69. The van der Waals surface area contributed by atoms with Gasteiger partial charge < -0.3 is 10.1 Å². The van der Waals surface area contributed by atoms with Crippen LogP contribution in [0.4, 0.5) is 16.0 Å². The van der Waals surface area contributed by atoms with Gasteiger partial charge in [-0.3, -0.25) is 14.3 Å².